The van der Waals surface area contributed by atoms with Gasteiger partial charge in [-0.2, -0.15) is 0 Å². The Kier molecular flexibility index (Phi) is 5.39. The molecule has 0 saturated carbocycles. The van der Waals surface area contributed by atoms with Gasteiger partial charge in [0.2, 0.25) is 5.91 Å². The first-order valence-electron chi connectivity index (χ1n) is 9.19. The number of rotatable bonds is 5. The molecule has 2 heterocycles. The molecule has 2 aromatic carbocycles. The van der Waals surface area contributed by atoms with Crippen LogP contribution >= 0.6 is 11.3 Å². The van der Waals surface area contributed by atoms with Crippen LogP contribution in [0.1, 0.15) is 22.5 Å². The predicted molar refractivity (Wildman–Crippen MR) is 110 cm³/mol. The lowest BCUT2D eigenvalue weighted by Crippen LogP contribution is -2.42. The lowest BCUT2D eigenvalue weighted by atomic mass is 10.2. The van der Waals surface area contributed by atoms with Crippen molar-refractivity contribution in [1.82, 2.24) is 4.90 Å². The Bertz CT molecular complexity index is 957. The van der Waals surface area contributed by atoms with Gasteiger partial charge in [-0.15, -0.1) is 11.3 Å². The van der Waals surface area contributed by atoms with E-state index in [-0.39, 0.29) is 11.8 Å². The zero-order chi connectivity index (χ0) is 19.3. The summed E-state index contributed by atoms with van der Waals surface area (Å²) in [6.45, 7) is 0.603. The maximum absolute atomic E-state index is 12.8. The summed E-state index contributed by atoms with van der Waals surface area (Å²) < 4.78 is 5.82. The van der Waals surface area contributed by atoms with Crippen LogP contribution in [-0.2, 0) is 4.79 Å². The Hall–Kier alpha value is -3.12. The van der Waals surface area contributed by atoms with Gasteiger partial charge >= 0.3 is 0 Å². The van der Waals surface area contributed by atoms with Gasteiger partial charge in [0.15, 0.2) is 0 Å². The van der Waals surface area contributed by atoms with Gasteiger partial charge in [0.1, 0.15) is 17.5 Å². The number of benzene rings is 2. The van der Waals surface area contributed by atoms with E-state index in [1.165, 1.54) is 11.3 Å². The van der Waals surface area contributed by atoms with Crippen molar-refractivity contribution < 1.29 is 14.3 Å². The van der Waals surface area contributed by atoms with Crippen molar-refractivity contribution in [2.75, 3.05) is 11.9 Å². The molecular weight excluding hydrogens is 372 g/mol. The van der Waals surface area contributed by atoms with E-state index in [0.29, 0.717) is 29.3 Å². The van der Waals surface area contributed by atoms with Crippen LogP contribution < -0.4 is 10.1 Å². The van der Waals surface area contributed by atoms with Crippen LogP contribution in [0.5, 0.6) is 11.5 Å². The first-order chi connectivity index (χ1) is 13.7. The number of carbonyl (C=O) groups is 2. The van der Waals surface area contributed by atoms with Crippen molar-refractivity contribution >= 4 is 28.8 Å². The molecule has 4 rings (SSSR count). The Balaban J connectivity index is 1.44. The van der Waals surface area contributed by atoms with E-state index >= 15 is 0 Å². The van der Waals surface area contributed by atoms with Crippen molar-refractivity contribution in [3.05, 3.63) is 77.0 Å². The lowest BCUT2D eigenvalue weighted by molar-refractivity contribution is -0.119. The molecule has 1 N–H and O–H groups in total. The number of ether oxygens (including phenoxy) is 1. The normalized spacial score (nSPS) is 16.0. The minimum atomic E-state index is -0.451. The Morgan fingerprint density at radius 2 is 1.82 bits per heavy atom. The van der Waals surface area contributed by atoms with Gasteiger partial charge in [-0.25, -0.2) is 0 Å². The largest absolute Gasteiger partial charge is 0.457 e. The number of carbonyl (C=O) groups excluding carboxylic acids is 2. The van der Waals surface area contributed by atoms with Crippen molar-refractivity contribution in [3.8, 4) is 11.5 Å². The number of amides is 2. The topological polar surface area (TPSA) is 58.6 Å². The molecule has 1 aromatic heterocycles. The zero-order valence-electron chi connectivity index (χ0n) is 15.2. The van der Waals surface area contributed by atoms with Crippen LogP contribution in [0, 0.1) is 0 Å². The molecule has 1 aliphatic heterocycles. The summed E-state index contributed by atoms with van der Waals surface area (Å²) in [5, 5.41) is 4.80. The minimum absolute atomic E-state index is 0.0752. The number of para-hydroxylation sites is 1. The first-order valence-corrected chi connectivity index (χ1v) is 10.1. The van der Waals surface area contributed by atoms with E-state index in [1.807, 2.05) is 60.0 Å². The fraction of sp³-hybridized carbons (Fsp3) is 0.182. The molecule has 1 atom stereocenters. The molecule has 28 heavy (non-hydrogen) atoms. The molecule has 0 bridgehead atoms. The fourth-order valence-electron chi connectivity index (χ4n) is 3.31. The van der Waals surface area contributed by atoms with Crippen molar-refractivity contribution in [2.45, 2.75) is 18.9 Å². The van der Waals surface area contributed by atoms with Crippen LogP contribution in [-0.4, -0.2) is 29.3 Å². The molecule has 3 aromatic rings. The van der Waals surface area contributed by atoms with Gasteiger partial charge in [0, 0.05) is 18.3 Å². The second-order valence-electron chi connectivity index (χ2n) is 6.57. The SMILES string of the molecule is O=C(Nc1cccc(Oc2ccccc2)c1)C1CCCN1C(=O)c1cccs1. The number of hydrogen-bond acceptors (Lipinski definition) is 4. The molecule has 2 amide bonds. The Morgan fingerprint density at radius 1 is 1.00 bits per heavy atom. The molecule has 5 nitrogen and oxygen atoms in total. The second-order valence-corrected chi connectivity index (χ2v) is 7.51. The van der Waals surface area contributed by atoms with Crippen LogP contribution in [0.3, 0.4) is 0 Å². The molecular formula is C22H20N2O3S. The van der Waals surface area contributed by atoms with E-state index in [1.54, 1.807) is 17.0 Å². The zero-order valence-corrected chi connectivity index (χ0v) is 16.0. The molecule has 1 aliphatic rings. The average Bonchev–Trinajstić information content (AvgIpc) is 3.41. The number of nitrogens with one attached hydrogen (secondary N) is 1. The van der Waals surface area contributed by atoms with Crippen LogP contribution in [0.4, 0.5) is 5.69 Å². The summed E-state index contributed by atoms with van der Waals surface area (Å²) in [5.74, 6) is 1.13. The molecule has 0 radical (unpaired) electrons. The molecule has 1 unspecified atom stereocenters. The third-order valence-electron chi connectivity index (χ3n) is 4.63. The highest BCUT2D eigenvalue weighted by atomic mass is 32.1. The highest BCUT2D eigenvalue weighted by molar-refractivity contribution is 7.12. The Labute approximate surface area is 167 Å². The van der Waals surface area contributed by atoms with E-state index in [2.05, 4.69) is 5.32 Å². The predicted octanol–water partition coefficient (Wildman–Crippen LogP) is 4.78. The Morgan fingerprint density at radius 3 is 2.61 bits per heavy atom. The number of likely N-dealkylation sites (tertiary alicyclic amines) is 1. The maximum atomic E-state index is 12.8. The molecule has 142 valence electrons. The van der Waals surface area contributed by atoms with E-state index < -0.39 is 6.04 Å². The molecule has 1 saturated heterocycles. The van der Waals surface area contributed by atoms with Crippen molar-refractivity contribution in [2.24, 2.45) is 0 Å². The van der Waals surface area contributed by atoms with Crippen molar-refractivity contribution in [1.29, 1.82) is 0 Å². The van der Waals surface area contributed by atoms with Gasteiger partial charge in [0.05, 0.1) is 4.88 Å². The van der Waals surface area contributed by atoms with Gasteiger partial charge < -0.3 is 15.0 Å². The van der Waals surface area contributed by atoms with Crippen LogP contribution in [0.2, 0.25) is 0 Å². The molecule has 0 spiro atoms. The monoisotopic (exact) mass is 392 g/mol. The highest BCUT2D eigenvalue weighted by Gasteiger charge is 2.34. The van der Waals surface area contributed by atoms with E-state index in [4.69, 9.17) is 4.74 Å². The minimum Gasteiger partial charge on any atom is -0.457 e. The van der Waals surface area contributed by atoms with Gasteiger partial charge in [0.25, 0.3) is 5.91 Å². The smallest absolute Gasteiger partial charge is 0.264 e. The summed E-state index contributed by atoms with van der Waals surface area (Å²) in [4.78, 5) is 27.8. The van der Waals surface area contributed by atoms with E-state index in [0.717, 1.165) is 12.2 Å². The highest BCUT2D eigenvalue weighted by Crippen LogP contribution is 2.26. The van der Waals surface area contributed by atoms with Crippen LogP contribution in [0.15, 0.2) is 72.1 Å². The van der Waals surface area contributed by atoms with Gasteiger partial charge in [-0.1, -0.05) is 30.3 Å². The van der Waals surface area contributed by atoms with Crippen LogP contribution in [0.25, 0.3) is 0 Å². The standard InChI is InChI=1S/C22H20N2O3S/c25-21(19-11-5-13-24(19)22(26)20-12-6-14-28-20)23-16-7-4-10-18(15-16)27-17-8-2-1-3-9-17/h1-4,6-10,12,14-15,19H,5,11,13H2,(H,23,25). The number of hydrogen-bond donors (Lipinski definition) is 1. The number of thiophene rings is 1. The average molecular weight is 392 g/mol. The summed E-state index contributed by atoms with van der Waals surface area (Å²) in [6, 6.07) is 19.9. The second kappa shape index (κ2) is 8.27. The number of anilines is 1. The third kappa shape index (κ3) is 4.07. The molecule has 1 fully saturated rings. The fourth-order valence-corrected chi connectivity index (χ4v) is 3.99. The van der Waals surface area contributed by atoms with Gasteiger partial charge in [-0.05, 0) is 48.6 Å². The summed E-state index contributed by atoms with van der Waals surface area (Å²) in [5.41, 5.74) is 0.647. The summed E-state index contributed by atoms with van der Waals surface area (Å²) >= 11 is 1.40. The first kappa shape index (κ1) is 18.3. The summed E-state index contributed by atoms with van der Waals surface area (Å²) in [7, 11) is 0. The van der Waals surface area contributed by atoms with E-state index in [9.17, 15) is 9.59 Å². The maximum Gasteiger partial charge on any atom is 0.264 e. The molecule has 0 aliphatic carbocycles. The third-order valence-corrected chi connectivity index (χ3v) is 5.49. The van der Waals surface area contributed by atoms with Gasteiger partial charge in [-0.3, -0.25) is 9.59 Å². The summed E-state index contributed by atoms with van der Waals surface area (Å²) in [6.07, 6.45) is 1.50. The number of nitrogens with zero attached hydrogens (tertiary/aromatic N) is 1. The van der Waals surface area contributed by atoms with Crippen molar-refractivity contribution in [3.63, 3.8) is 0 Å². The quantitative estimate of drug-likeness (QED) is 0.680. The molecule has 6 heteroatoms. The lowest BCUT2D eigenvalue weighted by Gasteiger charge is -2.23.